The van der Waals surface area contributed by atoms with Crippen LogP contribution >= 0.6 is 0 Å². The van der Waals surface area contributed by atoms with Crippen LogP contribution in [0.1, 0.15) is 0 Å². The van der Waals surface area contributed by atoms with Crippen molar-refractivity contribution in [2.24, 2.45) is 0 Å². The summed E-state index contributed by atoms with van der Waals surface area (Å²) in [5.74, 6) is 1.85. The fraction of sp³-hybridized carbons (Fsp3) is 0. The molecule has 0 aliphatic rings. The molecule has 3 heterocycles. The first-order valence-corrected chi connectivity index (χ1v) is 16.6. The molecule has 0 saturated heterocycles. The SMILES string of the molecule is c1ccc(-c2ccc(-c3nc(-c4ccccc4)nc(-c4cccc(-c5cccc6c5oc5cc7oc8ccccc8c7cc56)c4)n3)cc2)cc1. The topological polar surface area (TPSA) is 65.0 Å². The summed E-state index contributed by atoms with van der Waals surface area (Å²) in [4.78, 5) is 15.0. The van der Waals surface area contributed by atoms with Crippen molar-refractivity contribution in [1.82, 2.24) is 15.0 Å². The lowest BCUT2D eigenvalue weighted by atomic mass is 10.00. The summed E-state index contributed by atoms with van der Waals surface area (Å²) >= 11 is 0. The fourth-order valence-electron chi connectivity index (χ4n) is 6.86. The Kier molecular flexibility index (Phi) is 6.42. The van der Waals surface area contributed by atoms with Crippen molar-refractivity contribution < 1.29 is 8.83 Å². The van der Waals surface area contributed by atoms with E-state index in [4.69, 9.17) is 23.8 Å². The number of furan rings is 2. The van der Waals surface area contributed by atoms with Gasteiger partial charge in [-0.05, 0) is 34.9 Å². The molecule has 0 bridgehead atoms. The van der Waals surface area contributed by atoms with Crippen LogP contribution in [-0.2, 0) is 0 Å². The van der Waals surface area contributed by atoms with Crippen molar-refractivity contribution in [3.63, 3.8) is 0 Å². The molecule has 3 aromatic heterocycles. The van der Waals surface area contributed by atoms with E-state index in [1.807, 2.05) is 72.8 Å². The molecule has 0 fully saturated rings. The van der Waals surface area contributed by atoms with Crippen LogP contribution in [-0.4, -0.2) is 15.0 Å². The van der Waals surface area contributed by atoms with Crippen LogP contribution in [0.4, 0.5) is 0 Å². The van der Waals surface area contributed by atoms with Crippen molar-refractivity contribution in [2.45, 2.75) is 0 Å². The average molecular weight is 642 g/mol. The third-order valence-electron chi connectivity index (χ3n) is 9.35. The van der Waals surface area contributed by atoms with Gasteiger partial charge in [-0.15, -0.1) is 0 Å². The summed E-state index contributed by atoms with van der Waals surface area (Å²) in [6, 6.07) is 55.8. The molecule has 0 N–H and O–H groups in total. The van der Waals surface area contributed by atoms with Crippen LogP contribution in [0.5, 0.6) is 0 Å². The molecule has 10 rings (SSSR count). The van der Waals surface area contributed by atoms with Crippen LogP contribution in [0.3, 0.4) is 0 Å². The minimum atomic E-state index is 0.604. The highest BCUT2D eigenvalue weighted by molar-refractivity contribution is 6.16. The molecule has 234 valence electrons. The maximum atomic E-state index is 6.58. The van der Waals surface area contributed by atoms with Gasteiger partial charge in [-0.1, -0.05) is 140 Å². The Morgan fingerprint density at radius 2 is 0.820 bits per heavy atom. The number of rotatable bonds is 5. The van der Waals surface area contributed by atoms with E-state index in [9.17, 15) is 0 Å². The Hall–Kier alpha value is -6.85. The molecule has 5 heteroatoms. The van der Waals surface area contributed by atoms with Crippen molar-refractivity contribution in [2.75, 3.05) is 0 Å². The van der Waals surface area contributed by atoms with Gasteiger partial charge >= 0.3 is 0 Å². The van der Waals surface area contributed by atoms with Crippen LogP contribution in [0.25, 0.3) is 100 Å². The van der Waals surface area contributed by atoms with E-state index in [1.165, 1.54) is 5.56 Å². The molecular formula is C45H27N3O2. The molecule has 0 spiro atoms. The molecule has 0 atom stereocenters. The predicted molar refractivity (Wildman–Crippen MR) is 202 cm³/mol. The molecule has 0 aliphatic heterocycles. The smallest absolute Gasteiger partial charge is 0.164 e. The van der Waals surface area contributed by atoms with Gasteiger partial charge in [0.2, 0.25) is 0 Å². The summed E-state index contributed by atoms with van der Waals surface area (Å²) in [6.07, 6.45) is 0. The van der Waals surface area contributed by atoms with Crippen molar-refractivity contribution in [3.05, 3.63) is 164 Å². The Labute approximate surface area is 287 Å². The van der Waals surface area contributed by atoms with Gasteiger partial charge in [-0.25, -0.2) is 15.0 Å². The van der Waals surface area contributed by atoms with Crippen molar-refractivity contribution in [3.8, 4) is 56.4 Å². The summed E-state index contributed by atoms with van der Waals surface area (Å²) < 4.78 is 12.7. The van der Waals surface area contributed by atoms with Crippen LogP contribution in [0.15, 0.2) is 173 Å². The molecule has 0 aliphatic carbocycles. The molecule has 0 radical (unpaired) electrons. The first kappa shape index (κ1) is 28.2. The second-order valence-electron chi connectivity index (χ2n) is 12.4. The van der Waals surface area contributed by atoms with Gasteiger partial charge in [0, 0.05) is 49.9 Å². The third-order valence-corrected chi connectivity index (χ3v) is 9.35. The van der Waals surface area contributed by atoms with Crippen LogP contribution < -0.4 is 0 Å². The van der Waals surface area contributed by atoms with E-state index in [1.54, 1.807) is 0 Å². The first-order valence-electron chi connectivity index (χ1n) is 16.6. The van der Waals surface area contributed by atoms with Crippen molar-refractivity contribution in [1.29, 1.82) is 0 Å². The second kappa shape index (κ2) is 11.4. The predicted octanol–water partition coefficient (Wildman–Crippen LogP) is 12.0. The Bertz CT molecular complexity index is 2850. The second-order valence-corrected chi connectivity index (χ2v) is 12.4. The van der Waals surface area contributed by atoms with Crippen LogP contribution in [0.2, 0.25) is 0 Å². The summed E-state index contributed by atoms with van der Waals surface area (Å²) in [6.45, 7) is 0. The van der Waals surface area contributed by atoms with E-state index in [2.05, 4.69) is 91.0 Å². The van der Waals surface area contributed by atoms with E-state index >= 15 is 0 Å². The highest BCUT2D eigenvalue weighted by atomic mass is 16.3. The van der Waals surface area contributed by atoms with Gasteiger partial charge in [-0.3, -0.25) is 0 Å². The molecular weight excluding hydrogens is 615 g/mol. The quantitative estimate of drug-likeness (QED) is 0.187. The molecule has 7 aromatic carbocycles. The molecule has 0 unspecified atom stereocenters. The number of para-hydroxylation sites is 2. The zero-order chi connectivity index (χ0) is 33.0. The van der Waals surface area contributed by atoms with Gasteiger partial charge in [0.1, 0.15) is 22.3 Å². The van der Waals surface area contributed by atoms with E-state index in [0.29, 0.717) is 17.5 Å². The van der Waals surface area contributed by atoms with E-state index in [0.717, 1.165) is 77.3 Å². The van der Waals surface area contributed by atoms with E-state index in [-0.39, 0.29) is 0 Å². The maximum absolute atomic E-state index is 6.58. The zero-order valence-electron chi connectivity index (χ0n) is 26.7. The van der Waals surface area contributed by atoms with Crippen LogP contribution in [0, 0.1) is 0 Å². The lowest BCUT2D eigenvalue weighted by Gasteiger charge is -2.10. The molecule has 5 nitrogen and oxygen atoms in total. The molecule has 10 aromatic rings. The van der Waals surface area contributed by atoms with E-state index < -0.39 is 0 Å². The van der Waals surface area contributed by atoms with Gasteiger partial charge in [0.25, 0.3) is 0 Å². The largest absolute Gasteiger partial charge is 0.456 e. The molecule has 50 heavy (non-hydrogen) atoms. The number of benzene rings is 7. The third kappa shape index (κ3) is 4.75. The average Bonchev–Trinajstić information content (AvgIpc) is 3.75. The summed E-state index contributed by atoms with van der Waals surface area (Å²) in [5, 5.41) is 4.30. The minimum Gasteiger partial charge on any atom is -0.456 e. The van der Waals surface area contributed by atoms with Gasteiger partial charge in [0.15, 0.2) is 17.5 Å². The number of aromatic nitrogens is 3. The van der Waals surface area contributed by atoms with Gasteiger partial charge in [0.05, 0.1) is 0 Å². The van der Waals surface area contributed by atoms with Gasteiger partial charge in [-0.2, -0.15) is 0 Å². The Morgan fingerprint density at radius 1 is 0.300 bits per heavy atom. The highest BCUT2D eigenvalue weighted by Crippen LogP contribution is 2.40. The maximum Gasteiger partial charge on any atom is 0.164 e. The summed E-state index contributed by atoms with van der Waals surface area (Å²) in [5.41, 5.74) is 10.4. The Balaban J connectivity index is 1.09. The van der Waals surface area contributed by atoms with Crippen molar-refractivity contribution >= 4 is 43.9 Å². The standard InChI is InChI=1S/C45H27N3O2/c1-3-11-28(12-4-1)29-21-23-31(24-22-29)44-46-43(30-13-5-2-6-14-30)47-45(48-44)33-16-9-15-32(25-33)34-18-10-19-36-38-26-37-35-17-7-8-20-39(35)49-40(37)27-41(38)50-42(34)36/h1-27H. The monoisotopic (exact) mass is 641 g/mol. The molecule has 0 amide bonds. The lowest BCUT2D eigenvalue weighted by molar-refractivity contribution is 0.656. The number of nitrogens with zero attached hydrogens (tertiary/aromatic N) is 3. The molecule has 0 saturated carbocycles. The fourth-order valence-corrected chi connectivity index (χ4v) is 6.86. The summed E-state index contributed by atoms with van der Waals surface area (Å²) in [7, 11) is 0. The zero-order valence-corrected chi connectivity index (χ0v) is 26.7. The number of hydrogen-bond donors (Lipinski definition) is 0. The highest BCUT2D eigenvalue weighted by Gasteiger charge is 2.18. The normalized spacial score (nSPS) is 11.6. The van der Waals surface area contributed by atoms with Gasteiger partial charge < -0.3 is 8.83 Å². The number of hydrogen-bond acceptors (Lipinski definition) is 5. The first-order chi connectivity index (χ1) is 24.7. The minimum absolute atomic E-state index is 0.604. The Morgan fingerprint density at radius 3 is 1.60 bits per heavy atom. The lowest BCUT2D eigenvalue weighted by Crippen LogP contribution is -2.00. The number of fused-ring (bicyclic) bond motifs is 6.